The van der Waals surface area contributed by atoms with Gasteiger partial charge in [-0.2, -0.15) is 0 Å². The summed E-state index contributed by atoms with van der Waals surface area (Å²) in [6.45, 7) is 7.00. The lowest BCUT2D eigenvalue weighted by molar-refractivity contribution is -0.135. The average molecular weight is 397 g/mol. The van der Waals surface area contributed by atoms with Gasteiger partial charge < -0.3 is 19.8 Å². The first kappa shape index (κ1) is 19.6. The van der Waals surface area contributed by atoms with Gasteiger partial charge in [0.1, 0.15) is 17.1 Å². The molecule has 2 bridgehead atoms. The number of nitrogens with zero attached hydrogens (tertiary/aromatic N) is 1. The van der Waals surface area contributed by atoms with E-state index in [-0.39, 0.29) is 46.4 Å². The first-order valence-corrected chi connectivity index (χ1v) is 9.99. The van der Waals surface area contributed by atoms with Crippen molar-refractivity contribution >= 4 is 22.6 Å². The fourth-order valence-corrected chi connectivity index (χ4v) is 5.54. The van der Waals surface area contributed by atoms with E-state index in [1.165, 1.54) is 6.07 Å². The van der Waals surface area contributed by atoms with Crippen LogP contribution >= 0.6 is 0 Å². The Morgan fingerprint density at radius 3 is 2.55 bits per heavy atom. The summed E-state index contributed by atoms with van der Waals surface area (Å²) >= 11 is 0. The maximum Gasteiger partial charge on any atom is 0.342 e. The molecular weight excluding hydrogens is 370 g/mol. The highest BCUT2D eigenvalue weighted by Crippen LogP contribution is 2.52. The molecule has 2 aromatic rings. The molecule has 0 spiro atoms. The van der Waals surface area contributed by atoms with Crippen molar-refractivity contribution in [3.8, 4) is 11.5 Å². The van der Waals surface area contributed by atoms with E-state index < -0.39 is 5.97 Å². The van der Waals surface area contributed by atoms with Crippen LogP contribution in [0.1, 0.15) is 50.4 Å². The smallest absolute Gasteiger partial charge is 0.342 e. The lowest BCUT2D eigenvalue weighted by Gasteiger charge is -2.39. The van der Waals surface area contributed by atoms with Crippen molar-refractivity contribution in [1.29, 1.82) is 0 Å². The van der Waals surface area contributed by atoms with Crippen LogP contribution in [0.3, 0.4) is 0 Å². The third kappa shape index (κ3) is 3.52. The van der Waals surface area contributed by atoms with Gasteiger partial charge in [0.2, 0.25) is 0 Å². The minimum atomic E-state index is -0.828. The highest BCUT2D eigenvalue weighted by atomic mass is 16.5. The average Bonchev–Trinajstić information content (AvgIpc) is 2.91. The highest BCUT2D eigenvalue weighted by molar-refractivity contribution is 6.04. The number of aromatic hydroxyl groups is 2. The number of hydrogen-bond acceptors (Lipinski definition) is 5. The van der Waals surface area contributed by atoms with Crippen molar-refractivity contribution in [2.24, 2.45) is 10.8 Å². The molecule has 1 amide bonds. The van der Waals surface area contributed by atoms with Crippen LogP contribution in [-0.2, 0) is 9.53 Å². The van der Waals surface area contributed by atoms with Crippen molar-refractivity contribution in [1.82, 2.24) is 4.90 Å². The van der Waals surface area contributed by atoms with Gasteiger partial charge in [-0.15, -0.1) is 0 Å². The zero-order valence-corrected chi connectivity index (χ0v) is 17.1. The largest absolute Gasteiger partial charge is 0.507 e. The molecule has 1 heterocycles. The molecule has 1 saturated carbocycles. The number of fused-ring (bicyclic) bond motifs is 3. The summed E-state index contributed by atoms with van der Waals surface area (Å²) in [6.07, 6.45) is 3.00. The van der Waals surface area contributed by atoms with E-state index in [9.17, 15) is 19.8 Å². The van der Waals surface area contributed by atoms with Gasteiger partial charge >= 0.3 is 5.97 Å². The van der Waals surface area contributed by atoms with Gasteiger partial charge in [0.25, 0.3) is 5.91 Å². The predicted octanol–water partition coefficient (Wildman–Crippen LogP) is 3.84. The molecule has 2 N–H and O–H groups in total. The number of rotatable bonds is 3. The molecule has 1 saturated heterocycles. The normalized spacial score (nSPS) is 25.2. The molecule has 29 heavy (non-hydrogen) atoms. The van der Waals surface area contributed by atoms with Gasteiger partial charge in [-0.3, -0.25) is 4.79 Å². The van der Waals surface area contributed by atoms with E-state index in [2.05, 4.69) is 20.8 Å². The molecule has 4 rings (SSSR count). The first-order valence-electron chi connectivity index (χ1n) is 9.99. The standard InChI is InChI=1S/C23H27NO5/c1-22(2)9-14-10-23(3,12-22)13-24(14)19(26)11-29-21(28)17-8-18(25)15-6-4-5-7-16(15)20(17)27/h4-8,14,25,27H,9-13H2,1-3H3/t14-,23-/m0/s1. The Balaban J connectivity index is 1.47. The second-order valence-corrected chi connectivity index (χ2v) is 9.65. The number of carbonyl (C=O) groups excluding carboxylic acids is 2. The minimum absolute atomic E-state index is 0.106. The van der Waals surface area contributed by atoms with Crippen LogP contribution in [0.15, 0.2) is 30.3 Å². The third-order valence-corrected chi connectivity index (χ3v) is 6.28. The van der Waals surface area contributed by atoms with Gasteiger partial charge in [0, 0.05) is 23.4 Å². The second-order valence-electron chi connectivity index (χ2n) is 9.65. The molecule has 2 atom stereocenters. The van der Waals surface area contributed by atoms with Gasteiger partial charge in [-0.1, -0.05) is 45.0 Å². The van der Waals surface area contributed by atoms with Crippen molar-refractivity contribution in [3.05, 3.63) is 35.9 Å². The lowest BCUT2D eigenvalue weighted by Crippen LogP contribution is -2.39. The van der Waals surface area contributed by atoms with Crippen molar-refractivity contribution in [2.45, 2.75) is 46.1 Å². The van der Waals surface area contributed by atoms with Gasteiger partial charge in [-0.05, 0) is 36.2 Å². The molecule has 1 aliphatic heterocycles. The van der Waals surface area contributed by atoms with Crippen molar-refractivity contribution < 1.29 is 24.5 Å². The first-order chi connectivity index (χ1) is 13.6. The Morgan fingerprint density at radius 2 is 1.83 bits per heavy atom. The number of phenols is 2. The number of amides is 1. The second kappa shape index (κ2) is 6.65. The Hall–Kier alpha value is -2.76. The lowest BCUT2D eigenvalue weighted by atomic mass is 9.65. The fourth-order valence-electron chi connectivity index (χ4n) is 5.54. The van der Waals surface area contributed by atoms with E-state index in [0.717, 1.165) is 19.3 Å². The van der Waals surface area contributed by atoms with E-state index in [1.807, 2.05) is 4.90 Å². The predicted molar refractivity (Wildman–Crippen MR) is 109 cm³/mol. The number of ether oxygens (including phenoxy) is 1. The van der Waals surface area contributed by atoms with Crippen LogP contribution in [0.4, 0.5) is 0 Å². The zero-order valence-electron chi connectivity index (χ0n) is 17.1. The molecule has 6 nitrogen and oxygen atoms in total. The Morgan fingerprint density at radius 1 is 1.14 bits per heavy atom. The van der Waals surface area contributed by atoms with Gasteiger partial charge in [0.15, 0.2) is 6.61 Å². The summed E-state index contributed by atoms with van der Waals surface area (Å²) in [5, 5.41) is 21.4. The summed E-state index contributed by atoms with van der Waals surface area (Å²) in [6, 6.07) is 8.04. The molecule has 0 unspecified atom stereocenters. The summed E-state index contributed by atoms with van der Waals surface area (Å²) < 4.78 is 5.22. The summed E-state index contributed by atoms with van der Waals surface area (Å²) in [4.78, 5) is 27.1. The van der Waals surface area contributed by atoms with E-state index >= 15 is 0 Å². The van der Waals surface area contributed by atoms with E-state index in [4.69, 9.17) is 4.74 Å². The molecule has 2 fully saturated rings. The summed E-state index contributed by atoms with van der Waals surface area (Å²) in [5.74, 6) is -1.43. The molecule has 1 aliphatic carbocycles. The molecule has 0 radical (unpaired) electrons. The Bertz CT molecular complexity index is 998. The van der Waals surface area contributed by atoms with E-state index in [0.29, 0.717) is 17.3 Å². The molecule has 6 heteroatoms. The van der Waals surface area contributed by atoms with Crippen LogP contribution in [0.25, 0.3) is 10.8 Å². The van der Waals surface area contributed by atoms with Crippen LogP contribution < -0.4 is 0 Å². The molecule has 0 aromatic heterocycles. The Kier molecular flexibility index (Phi) is 4.48. The maximum absolute atomic E-state index is 12.8. The van der Waals surface area contributed by atoms with Gasteiger partial charge in [0.05, 0.1) is 0 Å². The third-order valence-electron chi connectivity index (χ3n) is 6.28. The number of benzene rings is 2. The van der Waals surface area contributed by atoms with Crippen molar-refractivity contribution in [3.63, 3.8) is 0 Å². The molecule has 2 aliphatic rings. The van der Waals surface area contributed by atoms with E-state index in [1.54, 1.807) is 24.3 Å². The van der Waals surface area contributed by atoms with Crippen LogP contribution in [0, 0.1) is 10.8 Å². The monoisotopic (exact) mass is 397 g/mol. The minimum Gasteiger partial charge on any atom is -0.507 e. The number of esters is 1. The summed E-state index contributed by atoms with van der Waals surface area (Å²) in [5.41, 5.74) is 0.147. The fraction of sp³-hybridized carbons (Fsp3) is 0.478. The number of hydrogen-bond donors (Lipinski definition) is 2. The number of likely N-dealkylation sites (tertiary alicyclic amines) is 1. The zero-order chi connectivity index (χ0) is 21.0. The molecular formula is C23H27NO5. The topological polar surface area (TPSA) is 87.1 Å². The molecule has 2 aromatic carbocycles. The number of carbonyl (C=O) groups is 2. The van der Waals surface area contributed by atoms with Crippen LogP contribution in [0.2, 0.25) is 0 Å². The Labute approximate surface area is 170 Å². The van der Waals surface area contributed by atoms with Crippen LogP contribution in [-0.4, -0.2) is 46.2 Å². The highest BCUT2D eigenvalue weighted by Gasteiger charge is 2.50. The van der Waals surface area contributed by atoms with Gasteiger partial charge in [-0.25, -0.2) is 4.79 Å². The number of phenolic OH excluding ortho intramolecular Hbond substituents is 2. The molecule has 154 valence electrons. The van der Waals surface area contributed by atoms with Crippen molar-refractivity contribution in [2.75, 3.05) is 13.2 Å². The van der Waals surface area contributed by atoms with Crippen LogP contribution in [0.5, 0.6) is 11.5 Å². The maximum atomic E-state index is 12.8. The SMILES string of the molecule is CC1(C)C[C@H]2C[C@](C)(CN2C(=O)COC(=O)c2cc(O)c3ccccc3c2O)C1. The summed E-state index contributed by atoms with van der Waals surface area (Å²) in [7, 11) is 0. The quantitative estimate of drug-likeness (QED) is 0.607.